The van der Waals surface area contributed by atoms with E-state index in [2.05, 4.69) is 41.6 Å². The fourth-order valence-electron chi connectivity index (χ4n) is 2.02. The Morgan fingerprint density at radius 2 is 2.06 bits per heavy atom. The molecule has 1 heterocycles. The molecule has 3 nitrogen and oxygen atoms in total. The van der Waals surface area contributed by atoms with Crippen molar-refractivity contribution in [3.8, 4) is 0 Å². The van der Waals surface area contributed by atoms with E-state index in [9.17, 15) is 0 Å². The number of aromatic nitrogens is 2. The van der Waals surface area contributed by atoms with Crippen LogP contribution in [0.25, 0.3) is 11.0 Å². The van der Waals surface area contributed by atoms with Crippen molar-refractivity contribution < 1.29 is 0 Å². The lowest BCUT2D eigenvalue weighted by Crippen LogP contribution is -2.13. The van der Waals surface area contributed by atoms with Crippen molar-refractivity contribution in [2.75, 3.05) is 6.54 Å². The number of hydrogen-bond donors (Lipinski definition) is 1. The van der Waals surface area contributed by atoms with Crippen molar-refractivity contribution >= 4 is 11.0 Å². The summed E-state index contributed by atoms with van der Waals surface area (Å²) < 4.78 is 2.25. The molecular formula is C13H19N3. The Labute approximate surface area is 96.3 Å². The summed E-state index contributed by atoms with van der Waals surface area (Å²) in [5.74, 6) is 1.77. The molecular weight excluding hydrogens is 198 g/mol. The van der Waals surface area contributed by atoms with Gasteiger partial charge in [0.1, 0.15) is 5.82 Å². The molecule has 16 heavy (non-hydrogen) atoms. The molecule has 0 fully saturated rings. The first-order chi connectivity index (χ1) is 7.72. The zero-order valence-corrected chi connectivity index (χ0v) is 9.98. The van der Waals surface area contributed by atoms with Crippen molar-refractivity contribution in [1.29, 1.82) is 0 Å². The number of fused-ring (bicyclic) bond motifs is 1. The van der Waals surface area contributed by atoms with E-state index in [0.29, 0.717) is 12.5 Å². The molecule has 0 aliphatic rings. The van der Waals surface area contributed by atoms with Gasteiger partial charge >= 0.3 is 0 Å². The van der Waals surface area contributed by atoms with Gasteiger partial charge in [0, 0.05) is 19.5 Å². The highest BCUT2D eigenvalue weighted by Gasteiger charge is 2.10. The lowest BCUT2D eigenvalue weighted by atomic mass is 10.1. The second-order valence-corrected chi connectivity index (χ2v) is 4.56. The van der Waals surface area contributed by atoms with E-state index < -0.39 is 0 Å². The molecule has 3 heteroatoms. The number of nitrogens with zero attached hydrogens (tertiary/aromatic N) is 2. The van der Waals surface area contributed by atoms with Gasteiger partial charge in [-0.3, -0.25) is 0 Å². The van der Waals surface area contributed by atoms with Crippen LogP contribution in [0.4, 0.5) is 0 Å². The van der Waals surface area contributed by atoms with Gasteiger partial charge in [0.25, 0.3) is 0 Å². The molecule has 0 bridgehead atoms. The van der Waals surface area contributed by atoms with Crippen molar-refractivity contribution in [3.63, 3.8) is 0 Å². The maximum absolute atomic E-state index is 5.66. The third kappa shape index (κ3) is 2.09. The van der Waals surface area contributed by atoms with Gasteiger partial charge < -0.3 is 10.3 Å². The predicted molar refractivity (Wildman–Crippen MR) is 67.3 cm³/mol. The van der Waals surface area contributed by atoms with Crippen LogP contribution in [0.5, 0.6) is 0 Å². The number of hydrogen-bond acceptors (Lipinski definition) is 2. The molecule has 0 amide bonds. The van der Waals surface area contributed by atoms with Crippen LogP contribution < -0.4 is 5.73 Å². The number of rotatable bonds is 4. The normalized spacial score (nSPS) is 11.5. The summed E-state index contributed by atoms with van der Waals surface area (Å²) in [6, 6.07) is 8.26. The van der Waals surface area contributed by atoms with Crippen LogP contribution in [0.1, 0.15) is 19.7 Å². The average Bonchev–Trinajstić information content (AvgIpc) is 2.57. The van der Waals surface area contributed by atoms with Crippen LogP contribution in [0.3, 0.4) is 0 Å². The molecule has 1 aromatic heterocycles. The largest absolute Gasteiger partial charge is 0.329 e. The number of benzene rings is 1. The molecule has 0 saturated carbocycles. The van der Waals surface area contributed by atoms with Crippen molar-refractivity contribution in [1.82, 2.24) is 9.55 Å². The van der Waals surface area contributed by atoms with E-state index >= 15 is 0 Å². The minimum absolute atomic E-state index is 0.619. The summed E-state index contributed by atoms with van der Waals surface area (Å²) >= 11 is 0. The Morgan fingerprint density at radius 1 is 1.31 bits per heavy atom. The minimum atomic E-state index is 0.619. The zero-order valence-electron chi connectivity index (χ0n) is 9.98. The second-order valence-electron chi connectivity index (χ2n) is 4.56. The van der Waals surface area contributed by atoms with Crippen LogP contribution in [-0.2, 0) is 13.0 Å². The summed E-state index contributed by atoms with van der Waals surface area (Å²) in [4.78, 5) is 4.68. The van der Waals surface area contributed by atoms with Crippen LogP contribution in [-0.4, -0.2) is 16.1 Å². The Bertz CT molecular complexity index is 471. The molecule has 2 aromatic rings. The molecule has 0 radical (unpaired) electrons. The molecule has 1 aromatic carbocycles. The first-order valence-electron chi connectivity index (χ1n) is 5.86. The van der Waals surface area contributed by atoms with Crippen LogP contribution in [0, 0.1) is 5.92 Å². The monoisotopic (exact) mass is 217 g/mol. The summed E-state index contributed by atoms with van der Waals surface area (Å²) in [7, 11) is 0. The molecule has 0 spiro atoms. The highest BCUT2D eigenvalue weighted by atomic mass is 15.1. The van der Waals surface area contributed by atoms with Gasteiger partial charge in [0.05, 0.1) is 11.0 Å². The summed E-state index contributed by atoms with van der Waals surface area (Å²) in [6.07, 6.45) is 1.01. The molecule has 2 N–H and O–H groups in total. The van der Waals surface area contributed by atoms with E-state index in [-0.39, 0.29) is 0 Å². The smallest absolute Gasteiger partial charge is 0.110 e. The number of imidazole rings is 1. The van der Waals surface area contributed by atoms with Crippen LogP contribution >= 0.6 is 0 Å². The lowest BCUT2D eigenvalue weighted by Gasteiger charge is -2.09. The maximum atomic E-state index is 5.66. The van der Waals surface area contributed by atoms with Gasteiger partial charge in [-0.05, 0) is 18.1 Å². The standard InChI is InChI=1S/C13H19N3/c1-10(2)9-13-15-11-5-3-4-6-12(11)16(13)8-7-14/h3-6,10H,7-9,14H2,1-2H3. The highest BCUT2D eigenvalue weighted by Crippen LogP contribution is 2.17. The Balaban J connectivity index is 2.49. The first kappa shape index (κ1) is 11.1. The zero-order chi connectivity index (χ0) is 11.5. The summed E-state index contributed by atoms with van der Waals surface area (Å²) in [5.41, 5.74) is 7.94. The van der Waals surface area contributed by atoms with Crippen molar-refractivity contribution in [2.24, 2.45) is 11.7 Å². The maximum Gasteiger partial charge on any atom is 0.110 e. The fraction of sp³-hybridized carbons (Fsp3) is 0.462. The van der Waals surface area contributed by atoms with E-state index in [0.717, 1.165) is 24.3 Å². The van der Waals surface area contributed by atoms with E-state index in [1.54, 1.807) is 0 Å². The molecule has 86 valence electrons. The van der Waals surface area contributed by atoms with E-state index in [4.69, 9.17) is 5.73 Å². The third-order valence-electron chi connectivity index (χ3n) is 2.68. The first-order valence-corrected chi connectivity index (χ1v) is 5.86. The van der Waals surface area contributed by atoms with Gasteiger partial charge in [0.15, 0.2) is 0 Å². The topological polar surface area (TPSA) is 43.8 Å². The molecule has 0 unspecified atom stereocenters. The van der Waals surface area contributed by atoms with Gasteiger partial charge in [-0.2, -0.15) is 0 Å². The number of para-hydroxylation sites is 2. The van der Waals surface area contributed by atoms with E-state index in [1.165, 1.54) is 5.52 Å². The molecule has 0 atom stereocenters. The fourth-order valence-corrected chi connectivity index (χ4v) is 2.02. The average molecular weight is 217 g/mol. The Kier molecular flexibility index (Phi) is 3.25. The molecule has 0 aliphatic carbocycles. The third-order valence-corrected chi connectivity index (χ3v) is 2.68. The SMILES string of the molecule is CC(C)Cc1nc2ccccc2n1CCN. The highest BCUT2D eigenvalue weighted by molar-refractivity contribution is 5.75. The van der Waals surface area contributed by atoms with Crippen molar-refractivity contribution in [3.05, 3.63) is 30.1 Å². The molecule has 0 saturated heterocycles. The molecule has 2 rings (SSSR count). The minimum Gasteiger partial charge on any atom is -0.329 e. The Morgan fingerprint density at radius 3 is 2.75 bits per heavy atom. The predicted octanol–water partition coefficient (Wildman–Crippen LogP) is 2.19. The van der Waals surface area contributed by atoms with Crippen molar-refractivity contribution in [2.45, 2.75) is 26.8 Å². The van der Waals surface area contributed by atoms with Crippen LogP contribution in [0.15, 0.2) is 24.3 Å². The molecule has 0 aliphatic heterocycles. The quantitative estimate of drug-likeness (QED) is 0.853. The second kappa shape index (κ2) is 4.66. The van der Waals surface area contributed by atoms with Gasteiger partial charge in [-0.1, -0.05) is 26.0 Å². The van der Waals surface area contributed by atoms with Crippen LogP contribution in [0.2, 0.25) is 0 Å². The summed E-state index contributed by atoms with van der Waals surface area (Å²) in [5, 5.41) is 0. The van der Waals surface area contributed by atoms with Gasteiger partial charge in [0.2, 0.25) is 0 Å². The van der Waals surface area contributed by atoms with E-state index in [1.807, 2.05) is 6.07 Å². The number of nitrogens with two attached hydrogens (primary N) is 1. The lowest BCUT2D eigenvalue weighted by molar-refractivity contribution is 0.581. The Hall–Kier alpha value is -1.35. The van der Waals surface area contributed by atoms with Gasteiger partial charge in [-0.25, -0.2) is 4.98 Å². The summed E-state index contributed by atoms with van der Waals surface area (Å²) in [6.45, 7) is 5.94. The van der Waals surface area contributed by atoms with Gasteiger partial charge in [-0.15, -0.1) is 0 Å².